The van der Waals surface area contributed by atoms with E-state index in [2.05, 4.69) is 5.32 Å². The van der Waals surface area contributed by atoms with Crippen LogP contribution >= 0.6 is 0 Å². The number of carbonyl (C=O) groups excluding carboxylic acids is 4. The van der Waals surface area contributed by atoms with Gasteiger partial charge in [0.25, 0.3) is 0 Å². The molecule has 0 aromatic rings. The number of carbonyl (C=O) groups is 4. The summed E-state index contributed by atoms with van der Waals surface area (Å²) in [5.41, 5.74) is 0. The number of nitrogens with one attached hydrogen (secondary N) is 1. The summed E-state index contributed by atoms with van der Waals surface area (Å²) in [5.74, 6) is -0.271. The van der Waals surface area contributed by atoms with Crippen LogP contribution in [0.4, 0.5) is 4.79 Å². The molecule has 1 heterocycles. The first-order valence-corrected chi connectivity index (χ1v) is 9.13. The summed E-state index contributed by atoms with van der Waals surface area (Å²) in [7, 11) is 0. The summed E-state index contributed by atoms with van der Waals surface area (Å²) >= 11 is 0. The van der Waals surface area contributed by atoms with Crippen LogP contribution in [0.3, 0.4) is 0 Å². The molecule has 0 radical (unpaired) electrons. The maximum Gasteiger partial charge on any atom is 0.407 e. The minimum atomic E-state index is -0.742. The second-order valence-corrected chi connectivity index (χ2v) is 7.42. The van der Waals surface area contributed by atoms with Crippen molar-refractivity contribution in [2.75, 3.05) is 13.2 Å². The summed E-state index contributed by atoms with van der Waals surface area (Å²) in [6, 6.07) is -1.46. The number of ketones is 1. The van der Waals surface area contributed by atoms with Crippen LogP contribution in [0.1, 0.15) is 52.4 Å². The summed E-state index contributed by atoms with van der Waals surface area (Å²) < 4.78 is 5.15. The van der Waals surface area contributed by atoms with Crippen LogP contribution in [0.15, 0.2) is 0 Å². The first kappa shape index (κ1) is 19.4. The lowest BCUT2D eigenvalue weighted by Crippen LogP contribution is -2.54. The number of hydrogen-bond donors (Lipinski definition) is 1. The van der Waals surface area contributed by atoms with Crippen molar-refractivity contribution in [2.45, 2.75) is 64.5 Å². The van der Waals surface area contributed by atoms with E-state index in [0.717, 1.165) is 32.1 Å². The van der Waals surface area contributed by atoms with Gasteiger partial charge in [0.05, 0.1) is 19.2 Å². The number of rotatable bonds is 6. The van der Waals surface area contributed by atoms with Gasteiger partial charge in [0.2, 0.25) is 5.91 Å². The van der Waals surface area contributed by atoms with Gasteiger partial charge in [-0.3, -0.25) is 9.59 Å². The maximum absolute atomic E-state index is 13.0. The number of Topliss-reactive ketones (excluding diaryl/α,β-unsaturated/α-hetero) is 1. The summed E-state index contributed by atoms with van der Waals surface area (Å²) in [6.07, 6.45) is 4.89. The minimum Gasteiger partial charge on any atom is -0.449 e. The molecule has 1 aliphatic carbocycles. The second kappa shape index (κ2) is 8.97. The van der Waals surface area contributed by atoms with Crippen molar-refractivity contribution in [3.8, 4) is 0 Å². The zero-order chi connectivity index (χ0) is 18.4. The Morgan fingerprint density at radius 2 is 1.96 bits per heavy atom. The molecule has 140 valence electrons. The number of nitrogens with zero attached hydrogens (tertiary/aromatic N) is 1. The molecule has 7 heteroatoms. The van der Waals surface area contributed by atoms with Gasteiger partial charge >= 0.3 is 6.09 Å². The van der Waals surface area contributed by atoms with E-state index in [1.807, 2.05) is 13.8 Å². The molecular weight excluding hydrogens is 324 g/mol. The predicted molar refractivity (Wildman–Crippen MR) is 90.9 cm³/mol. The Balaban J connectivity index is 2.09. The van der Waals surface area contributed by atoms with Crippen LogP contribution in [0.5, 0.6) is 0 Å². The number of likely N-dealkylation sites (tertiary alicyclic amines) is 1. The molecule has 0 aromatic heterocycles. The van der Waals surface area contributed by atoms with Gasteiger partial charge in [0.1, 0.15) is 12.3 Å². The standard InChI is InChI=1S/C18H28N2O5/c1-12(2)11-25-18(24)19-16(13-6-4-3-5-7-13)17(23)20-9-15(22)8-14(20)10-21/h10,12-14,16H,3-9,11H2,1-2H3,(H,19,24)/t14-,16-/m0/s1. The molecule has 0 unspecified atom stereocenters. The van der Waals surface area contributed by atoms with Crippen molar-refractivity contribution in [2.24, 2.45) is 11.8 Å². The van der Waals surface area contributed by atoms with E-state index in [4.69, 9.17) is 4.74 Å². The molecule has 25 heavy (non-hydrogen) atoms. The van der Waals surface area contributed by atoms with E-state index in [-0.39, 0.29) is 43.1 Å². The Morgan fingerprint density at radius 3 is 2.56 bits per heavy atom. The van der Waals surface area contributed by atoms with E-state index in [0.29, 0.717) is 6.29 Å². The first-order valence-electron chi connectivity index (χ1n) is 9.13. The van der Waals surface area contributed by atoms with Crippen molar-refractivity contribution in [1.29, 1.82) is 0 Å². The number of aldehydes is 1. The lowest BCUT2D eigenvalue weighted by atomic mass is 9.83. The molecule has 0 spiro atoms. The molecule has 1 saturated carbocycles. The highest BCUT2D eigenvalue weighted by atomic mass is 16.5. The molecule has 1 aliphatic heterocycles. The van der Waals surface area contributed by atoms with E-state index in [9.17, 15) is 19.2 Å². The monoisotopic (exact) mass is 352 g/mol. The van der Waals surface area contributed by atoms with Crippen molar-refractivity contribution >= 4 is 24.1 Å². The first-order chi connectivity index (χ1) is 11.9. The minimum absolute atomic E-state index is 0.0101. The van der Waals surface area contributed by atoms with E-state index < -0.39 is 18.2 Å². The highest BCUT2D eigenvalue weighted by molar-refractivity contribution is 5.96. The Labute approximate surface area is 148 Å². The predicted octanol–water partition coefficient (Wildman–Crippen LogP) is 1.69. The lowest BCUT2D eigenvalue weighted by molar-refractivity contribution is -0.138. The normalized spacial score (nSPS) is 22.8. The van der Waals surface area contributed by atoms with Crippen LogP contribution in [0.2, 0.25) is 0 Å². The Bertz CT molecular complexity index is 514. The second-order valence-electron chi connectivity index (χ2n) is 7.42. The van der Waals surface area contributed by atoms with Crippen LogP contribution < -0.4 is 5.32 Å². The molecule has 2 atom stereocenters. The average Bonchev–Trinajstić information content (AvgIpc) is 2.99. The third-order valence-corrected chi connectivity index (χ3v) is 4.83. The summed E-state index contributed by atoms with van der Waals surface area (Å²) in [4.78, 5) is 49.2. The van der Waals surface area contributed by atoms with Crippen molar-refractivity contribution in [1.82, 2.24) is 10.2 Å². The summed E-state index contributed by atoms with van der Waals surface area (Å²) in [6.45, 7) is 4.08. The molecular formula is C18H28N2O5. The molecule has 2 rings (SSSR count). The molecule has 1 N–H and O–H groups in total. The number of hydrogen-bond acceptors (Lipinski definition) is 5. The molecule has 0 aromatic carbocycles. The fourth-order valence-corrected chi connectivity index (χ4v) is 3.52. The average molecular weight is 352 g/mol. The molecule has 0 bridgehead atoms. The van der Waals surface area contributed by atoms with Crippen molar-refractivity contribution in [3.63, 3.8) is 0 Å². The van der Waals surface area contributed by atoms with Gasteiger partial charge in [-0.15, -0.1) is 0 Å². The van der Waals surface area contributed by atoms with Crippen LogP contribution in [-0.2, 0) is 19.1 Å². The van der Waals surface area contributed by atoms with Crippen LogP contribution in [0, 0.1) is 11.8 Å². The van der Waals surface area contributed by atoms with Gasteiger partial charge in [-0.05, 0) is 24.7 Å². The van der Waals surface area contributed by atoms with Crippen molar-refractivity contribution < 1.29 is 23.9 Å². The smallest absolute Gasteiger partial charge is 0.407 e. The molecule has 2 aliphatic rings. The highest BCUT2D eigenvalue weighted by Crippen LogP contribution is 2.28. The van der Waals surface area contributed by atoms with Gasteiger partial charge in [0.15, 0.2) is 5.78 Å². The van der Waals surface area contributed by atoms with Gasteiger partial charge in [-0.2, -0.15) is 0 Å². The van der Waals surface area contributed by atoms with E-state index >= 15 is 0 Å². The Hall–Kier alpha value is -1.92. The quantitative estimate of drug-likeness (QED) is 0.734. The third kappa shape index (κ3) is 5.28. The van der Waals surface area contributed by atoms with Gasteiger partial charge in [-0.1, -0.05) is 33.1 Å². The SMILES string of the molecule is CC(C)COC(=O)N[C@H](C(=O)N1CC(=O)C[C@H]1C=O)C1CCCCC1. The Kier molecular flexibility index (Phi) is 6.96. The number of ether oxygens (including phenoxy) is 1. The van der Waals surface area contributed by atoms with Crippen molar-refractivity contribution in [3.05, 3.63) is 0 Å². The topological polar surface area (TPSA) is 92.8 Å². The van der Waals surface area contributed by atoms with E-state index in [1.54, 1.807) is 0 Å². The van der Waals surface area contributed by atoms with E-state index in [1.165, 1.54) is 4.90 Å². The van der Waals surface area contributed by atoms with Crippen LogP contribution in [0.25, 0.3) is 0 Å². The fraction of sp³-hybridized carbons (Fsp3) is 0.778. The number of alkyl carbamates (subject to hydrolysis) is 1. The van der Waals surface area contributed by atoms with Crippen LogP contribution in [-0.4, -0.2) is 54.2 Å². The molecule has 2 amide bonds. The Morgan fingerprint density at radius 1 is 1.28 bits per heavy atom. The molecule has 7 nitrogen and oxygen atoms in total. The fourth-order valence-electron chi connectivity index (χ4n) is 3.52. The van der Waals surface area contributed by atoms with Gasteiger partial charge in [-0.25, -0.2) is 4.79 Å². The zero-order valence-corrected chi connectivity index (χ0v) is 15.0. The lowest BCUT2D eigenvalue weighted by Gasteiger charge is -2.33. The largest absolute Gasteiger partial charge is 0.449 e. The molecule has 1 saturated heterocycles. The molecule has 2 fully saturated rings. The zero-order valence-electron chi connectivity index (χ0n) is 15.0. The third-order valence-electron chi connectivity index (χ3n) is 4.83. The highest BCUT2D eigenvalue weighted by Gasteiger charge is 2.40. The number of amides is 2. The van der Waals surface area contributed by atoms with Gasteiger partial charge in [0, 0.05) is 6.42 Å². The summed E-state index contributed by atoms with van der Waals surface area (Å²) in [5, 5.41) is 2.70. The van der Waals surface area contributed by atoms with Gasteiger partial charge < -0.3 is 19.7 Å². The maximum atomic E-state index is 13.0.